The lowest BCUT2D eigenvalue weighted by atomic mass is 9.94. The topological polar surface area (TPSA) is 49.9 Å². The van der Waals surface area contributed by atoms with E-state index in [-0.39, 0.29) is 0 Å². The quantitative estimate of drug-likeness (QED) is 0.155. The van der Waals surface area contributed by atoms with Gasteiger partial charge >= 0.3 is 0 Å². The van der Waals surface area contributed by atoms with Crippen LogP contribution in [0.25, 0.3) is 75.8 Å². The van der Waals surface area contributed by atoms with Gasteiger partial charge in [-0.25, -0.2) is 0 Å². The Bertz CT molecular complexity index is 2890. The van der Waals surface area contributed by atoms with Gasteiger partial charge in [-0.05, 0) is 92.9 Å². The van der Waals surface area contributed by atoms with Gasteiger partial charge in [0.15, 0.2) is 0 Å². The van der Waals surface area contributed by atoms with Crippen LogP contribution in [0.2, 0.25) is 0 Å². The molecule has 290 valence electrons. The summed E-state index contributed by atoms with van der Waals surface area (Å²) in [4.78, 5) is 0. The number of hydrogen-bond acceptors (Lipinski definition) is 3. The number of fused-ring (bicyclic) bond motifs is 3. The molecule has 0 aliphatic carbocycles. The lowest BCUT2D eigenvalue weighted by Gasteiger charge is -2.09. The van der Waals surface area contributed by atoms with E-state index < -0.39 is 0 Å². The molecule has 3 heteroatoms. The van der Waals surface area contributed by atoms with Crippen LogP contribution in [0.4, 0.5) is 0 Å². The van der Waals surface area contributed by atoms with Crippen LogP contribution >= 0.6 is 11.3 Å². The second-order valence-corrected chi connectivity index (χ2v) is 15.7. The van der Waals surface area contributed by atoms with Crippen molar-refractivity contribution in [3.05, 3.63) is 241 Å². The maximum atomic E-state index is 8.13. The summed E-state index contributed by atoms with van der Waals surface area (Å²) in [5, 5.41) is 10.5. The highest BCUT2D eigenvalue weighted by Crippen LogP contribution is 2.46. The number of rotatable bonds is 7. The van der Waals surface area contributed by atoms with Gasteiger partial charge in [0.1, 0.15) is 0 Å². The number of nitrogens with two attached hydrogens (primary N) is 1. The van der Waals surface area contributed by atoms with Crippen LogP contribution < -0.4 is 5.73 Å². The highest BCUT2D eigenvalue weighted by atomic mass is 32.1. The van der Waals surface area contributed by atoms with Crippen LogP contribution in [0, 0.1) is 12.3 Å². The van der Waals surface area contributed by atoms with Crippen molar-refractivity contribution in [2.45, 2.75) is 13.5 Å². The predicted molar refractivity (Wildman–Crippen MR) is 260 cm³/mol. The second-order valence-electron chi connectivity index (χ2n) is 14.7. The summed E-state index contributed by atoms with van der Waals surface area (Å²) in [5.41, 5.74) is 21.4. The molecule has 9 aromatic carbocycles. The van der Waals surface area contributed by atoms with Gasteiger partial charge in [-0.2, -0.15) is 0 Å². The molecular formula is C57H46N2S. The molecule has 0 spiro atoms. The molecule has 0 bridgehead atoms. The predicted octanol–water partition coefficient (Wildman–Crippen LogP) is 15.5. The fraction of sp³-hybridized carbons (Fsp3) is 0.0351. The lowest BCUT2D eigenvalue weighted by Crippen LogP contribution is -1.97. The maximum Gasteiger partial charge on any atom is 0.0440 e. The van der Waals surface area contributed by atoms with Crippen molar-refractivity contribution >= 4 is 37.7 Å². The molecule has 0 unspecified atom stereocenters. The van der Waals surface area contributed by atoms with Gasteiger partial charge in [0.2, 0.25) is 0 Å². The average molecular weight is 791 g/mol. The van der Waals surface area contributed by atoms with Crippen LogP contribution in [-0.2, 0) is 6.54 Å². The van der Waals surface area contributed by atoms with Crippen molar-refractivity contribution < 1.29 is 0 Å². The minimum Gasteiger partial charge on any atom is -0.326 e. The molecule has 0 atom stereocenters. The van der Waals surface area contributed by atoms with Gasteiger partial charge in [-0.3, -0.25) is 0 Å². The highest BCUT2D eigenvalue weighted by molar-refractivity contribution is 7.27. The van der Waals surface area contributed by atoms with Gasteiger partial charge < -0.3 is 11.1 Å². The van der Waals surface area contributed by atoms with E-state index in [9.17, 15) is 0 Å². The second kappa shape index (κ2) is 19.1. The number of aryl methyl sites for hydroxylation is 1. The minimum absolute atomic E-state index is 0.556. The first-order valence-electron chi connectivity index (χ1n) is 20.3. The average Bonchev–Trinajstić information content (AvgIpc) is 3.73. The van der Waals surface area contributed by atoms with Crippen molar-refractivity contribution in [2.75, 3.05) is 0 Å². The summed E-state index contributed by atoms with van der Waals surface area (Å²) in [6.45, 7) is 2.64. The minimum atomic E-state index is 0.556. The SMILES string of the molecule is Cc1ccccc1.N=Cc1ccc(-c2ccccc2)c2sc3c(-c4ccccc4)cc(-c4ccccc4)cc3c12.NCc1cc(-c2ccccc2)cc(-c2ccccc2)c1. The summed E-state index contributed by atoms with van der Waals surface area (Å²) in [6.07, 6.45) is 1.49. The Labute approximate surface area is 357 Å². The molecule has 1 heterocycles. The summed E-state index contributed by atoms with van der Waals surface area (Å²) < 4.78 is 2.50. The lowest BCUT2D eigenvalue weighted by molar-refractivity contribution is 1.07. The number of thiophene rings is 1. The zero-order chi connectivity index (χ0) is 41.1. The van der Waals surface area contributed by atoms with E-state index in [1.54, 1.807) is 0 Å². The Morgan fingerprint density at radius 2 is 0.833 bits per heavy atom. The molecule has 1 aromatic heterocycles. The van der Waals surface area contributed by atoms with Crippen LogP contribution in [-0.4, -0.2) is 6.21 Å². The molecule has 3 N–H and O–H groups in total. The van der Waals surface area contributed by atoms with Gasteiger partial charge in [0.25, 0.3) is 0 Å². The molecule has 0 radical (unpaired) electrons. The molecule has 60 heavy (non-hydrogen) atoms. The summed E-state index contributed by atoms with van der Waals surface area (Å²) in [7, 11) is 0. The van der Waals surface area contributed by atoms with E-state index in [4.69, 9.17) is 11.1 Å². The molecule has 0 amide bonds. The highest BCUT2D eigenvalue weighted by Gasteiger charge is 2.18. The van der Waals surface area contributed by atoms with E-state index in [0.29, 0.717) is 6.54 Å². The van der Waals surface area contributed by atoms with Crippen molar-refractivity contribution in [1.29, 1.82) is 5.41 Å². The van der Waals surface area contributed by atoms with Gasteiger partial charge in [0.05, 0.1) is 0 Å². The van der Waals surface area contributed by atoms with Crippen molar-refractivity contribution in [3.63, 3.8) is 0 Å². The molecule has 2 nitrogen and oxygen atoms in total. The van der Waals surface area contributed by atoms with Crippen LogP contribution in [0.3, 0.4) is 0 Å². The third kappa shape index (κ3) is 9.09. The first-order chi connectivity index (χ1) is 29.6. The Kier molecular flexibility index (Phi) is 12.6. The zero-order valence-electron chi connectivity index (χ0n) is 33.6. The van der Waals surface area contributed by atoms with Gasteiger partial charge in [-0.15, -0.1) is 11.3 Å². The van der Waals surface area contributed by atoms with Crippen molar-refractivity contribution in [1.82, 2.24) is 0 Å². The normalized spacial score (nSPS) is 10.6. The van der Waals surface area contributed by atoms with E-state index in [1.807, 2.05) is 41.7 Å². The van der Waals surface area contributed by atoms with Gasteiger partial charge in [0, 0.05) is 44.1 Å². The monoisotopic (exact) mass is 790 g/mol. The van der Waals surface area contributed by atoms with Crippen LogP contribution in [0.1, 0.15) is 16.7 Å². The van der Waals surface area contributed by atoms with E-state index in [2.05, 4.69) is 201 Å². The zero-order valence-corrected chi connectivity index (χ0v) is 34.4. The first-order valence-corrected chi connectivity index (χ1v) is 21.1. The van der Waals surface area contributed by atoms with Crippen molar-refractivity contribution in [2.24, 2.45) is 5.73 Å². The largest absolute Gasteiger partial charge is 0.326 e. The molecule has 0 fully saturated rings. The molecule has 0 aliphatic rings. The maximum absolute atomic E-state index is 8.13. The number of hydrogen-bond donors (Lipinski definition) is 2. The van der Waals surface area contributed by atoms with E-state index in [0.717, 1.165) is 11.1 Å². The fourth-order valence-corrected chi connectivity index (χ4v) is 8.93. The fourth-order valence-electron chi connectivity index (χ4n) is 7.54. The smallest absolute Gasteiger partial charge is 0.0440 e. The summed E-state index contributed by atoms with van der Waals surface area (Å²) in [5.74, 6) is 0. The van der Waals surface area contributed by atoms with Crippen molar-refractivity contribution in [3.8, 4) is 55.6 Å². The Balaban J connectivity index is 0.000000156. The molecule has 10 aromatic rings. The Morgan fingerprint density at radius 3 is 1.25 bits per heavy atom. The third-order valence-electron chi connectivity index (χ3n) is 10.6. The molecule has 0 saturated heterocycles. The summed E-state index contributed by atoms with van der Waals surface area (Å²) in [6, 6.07) is 78.3. The standard InChI is InChI=1S/C31H21NS.C19H17N.C7H8/c32-20-24-16-17-26(22-12-6-2-7-13-22)31-29(24)28-19-25(21-10-4-1-5-11-21)18-27(30(28)33-31)23-14-8-3-9-15-23;20-14-15-11-18(16-7-3-1-4-8-16)13-19(12-15)17-9-5-2-6-10-17;1-7-5-3-2-4-6-7/h1-20,32H;1-13H,14,20H2;2-6H,1H3. The molecule has 10 rings (SSSR count). The first kappa shape index (κ1) is 39.6. The molecule has 0 saturated carbocycles. The molecular weight excluding hydrogens is 745 g/mol. The van der Waals surface area contributed by atoms with E-state index in [1.165, 1.54) is 87.6 Å². The summed E-state index contributed by atoms with van der Waals surface area (Å²) >= 11 is 1.83. The number of nitrogens with one attached hydrogen (secondary N) is 1. The Hall–Kier alpha value is -7.17. The van der Waals surface area contributed by atoms with Crippen LogP contribution in [0.15, 0.2) is 224 Å². The number of benzene rings is 9. The van der Waals surface area contributed by atoms with E-state index >= 15 is 0 Å². The van der Waals surface area contributed by atoms with Gasteiger partial charge in [-0.1, -0.05) is 200 Å². The van der Waals surface area contributed by atoms with Crippen LogP contribution in [0.5, 0.6) is 0 Å². The Morgan fingerprint density at radius 1 is 0.417 bits per heavy atom. The molecule has 0 aliphatic heterocycles. The third-order valence-corrected chi connectivity index (χ3v) is 11.8.